The summed E-state index contributed by atoms with van der Waals surface area (Å²) in [4.78, 5) is 2.33. The molecule has 2 rings (SSSR count). The van der Waals surface area contributed by atoms with Crippen LogP contribution in [0.2, 0.25) is 0 Å². The third-order valence-electron chi connectivity index (χ3n) is 3.68. The van der Waals surface area contributed by atoms with E-state index < -0.39 is 0 Å². The summed E-state index contributed by atoms with van der Waals surface area (Å²) >= 11 is 3.49. The van der Waals surface area contributed by atoms with Gasteiger partial charge in [0.1, 0.15) is 0 Å². The zero-order valence-corrected chi connectivity index (χ0v) is 12.2. The molecule has 0 amide bonds. The van der Waals surface area contributed by atoms with Crippen molar-refractivity contribution in [3.05, 3.63) is 28.2 Å². The molecule has 0 spiro atoms. The Morgan fingerprint density at radius 2 is 2.06 bits per heavy atom. The van der Waals surface area contributed by atoms with Gasteiger partial charge in [-0.25, -0.2) is 0 Å². The van der Waals surface area contributed by atoms with E-state index in [-0.39, 0.29) is 6.61 Å². The molecule has 1 fully saturated rings. The monoisotopic (exact) mass is 312 g/mol. The fraction of sp³-hybridized carbons (Fsp3) is 0.571. The van der Waals surface area contributed by atoms with E-state index in [1.807, 2.05) is 6.07 Å². The van der Waals surface area contributed by atoms with Crippen LogP contribution in [0.4, 0.5) is 5.69 Å². The van der Waals surface area contributed by atoms with Crippen molar-refractivity contribution in [3.63, 3.8) is 0 Å². The van der Waals surface area contributed by atoms with Gasteiger partial charge in [0.15, 0.2) is 0 Å². The molecule has 0 aliphatic heterocycles. The van der Waals surface area contributed by atoms with Crippen LogP contribution in [0, 0.1) is 0 Å². The van der Waals surface area contributed by atoms with Crippen LogP contribution in [0.1, 0.15) is 31.2 Å². The molecule has 3 N–H and O–H groups in total. The number of hydrogen-bond donors (Lipinski definition) is 2. The van der Waals surface area contributed by atoms with Gasteiger partial charge < -0.3 is 15.7 Å². The summed E-state index contributed by atoms with van der Waals surface area (Å²) in [5.41, 5.74) is 8.17. The Labute approximate surface area is 117 Å². The average Bonchev–Trinajstić information content (AvgIpc) is 2.90. The van der Waals surface area contributed by atoms with E-state index in [0.717, 1.165) is 10.0 Å². The molecular weight excluding hydrogens is 292 g/mol. The van der Waals surface area contributed by atoms with Crippen LogP contribution in [0.5, 0.6) is 0 Å². The highest BCUT2D eigenvalue weighted by Crippen LogP contribution is 2.31. The Hall–Kier alpha value is -0.580. The van der Waals surface area contributed by atoms with Crippen molar-refractivity contribution in [1.29, 1.82) is 0 Å². The number of benzene rings is 1. The van der Waals surface area contributed by atoms with Gasteiger partial charge in [-0.2, -0.15) is 0 Å². The first-order valence-electron chi connectivity index (χ1n) is 6.62. The number of nitrogens with zero attached hydrogens (tertiary/aromatic N) is 1. The molecule has 0 bridgehead atoms. The maximum atomic E-state index is 9.29. The third kappa shape index (κ3) is 3.05. The van der Waals surface area contributed by atoms with E-state index in [0.29, 0.717) is 19.1 Å². The minimum Gasteiger partial charge on any atom is -0.395 e. The van der Waals surface area contributed by atoms with Crippen molar-refractivity contribution in [2.75, 3.05) is 18.1 Å². The molecule has 3 nitrogen and oxygen atoms in total. The van der Waals surface area contributed by atoms with Crippen LogP contribution in [-0.4, -0.2) is 24.3 Å². The lowest BCUT2D eigenvalue weighted by Crippen LogP contribution is -2.36. The fourth-order valence-corrected chi connectivity index (χ4v) is 3.23. The van der Waals surface area contributed by atoms with Crippen molar-refractivity contribution in [2.24, 2.45) is 5.73 Å². The predicted molar refractivity (Wildman–Crippen MR) is 78.7 cm³/mol. The fourth-order valence-electron chi connectivity index (χ4n) is 2.82. The summed E-state index contributed by atoms with van der Waals surface area (Å²) in [5.74, 6) is 0. The minimum atomic E-state index is 0.191. The van der Waals surface area contributed by atoms with Crippen LogP contribution in [-0.2, 0) is 6.54 Å². The normalized spacial score (nSPS) is 16.2. The molecule has 100 valence electrons. The van der Waals surface area contributed by atoms with Gasteiger partial charge in [0.2, 0.25) is 0 Å². The maximum absolute atomic E-state index is 9.29. The highest BCUT2D eigenvalue weighted by Gasteiger charge is 2.23. The van der Waals surface area contributed by atoms with E-state index in [2.05, 4.69) is 33.0 Å². The number of hydrogen-bond acceptors (Lipinski definition) is 3. The number of aliphatic hydroxyl groups is 1. The van der Waals surface area contributed by atoms with Gasteiger partial charge in [0, 0.05) is 29.3 Å². The quantitative estimate of drug-likeness (QED) is 0.878. The molecule has 1 aliphatic carbocycles. The standard InChI is InChI=1S/C14H21BrN2O/c15-12-5-6-14(11(9-12)10-16)17(7-8-18)13-3-1-2-4-13/h5-6,9,13,18H,1-4,7-8,10,16H2. The third-order valence-corrected chi connectivity index (χ3v) is 4.17. The smallest absolute Gasteiger partial charge is 0.0606 e. The van der Waals surface area contributed by atoms with Gasteiger partial charge >= 0.3 is 0 Å². The second-order valence-corrected chi connectivity index (χ2v) is 5.75. The molecule has 0 heterocycles. The number of halogens is 1. The number of anilines is 1. The molecule has 4 heteroatoms. The number of rotatable bonds is 5. The van der Waals surface area contributed by atoms with E-state index in [9.17, 15) is 5.11 Å². The number of nitrogens with two attached hydrogens (primary N) is 1. The van der Waals surface area contributed by atoms with Crippen molar-refractivity contribution in [2.45, 2.75) is 38.3 Å². The Kier molecular flexibility index (Phi) is 5.03. The lowest BCUT2D eigenvalue weighted by molar-refractivity contribution is 0.297. The predicted octanol–water partition coefficient (Wildman–Crippen LogP) is 2.65. The molecule has 1 aromatic carbocycles. The summed E-state index contributed by atoms with van der Waals surface area (Å²) in [6, 6.07) is 6.80. The van der Waals surface area contributed by atoms with Gasteiger partial charge in [-0.15, -0.1) is 0 Å². The first-order valence-corrected chi connectivity index (χ1v) is 7.41. The Morgan fingerprint density at radius 3 is 2.67 bits per heavy atom. The molecule has 1 saturated carbocycles. The summed E-state index contributed by atoms with van der Waals surface area (Å²) in [6.45, 7) is 1.42. The van der Waals surface area contributed by atoms with E-state index >= 15 is 0 Å². The second-order valence-electron chi connectivity index (χ2n) is 4.83. The minimum absolute atomic E-state index is 0.191. The van der Waals surface area contributed by atoms with Crippen molar-refractivity contribution >= 4 is 21.6 Å². The van der Waals surface area contributed by atoms with Gasteiger partial charge in [-0.1, -0.05) is 28.8 Å². The van der Waals surface area contributed by atoms with Gasteiger partial charge in [-0.05, 0) is 36.6 Å². The first-order chi connectivity index (χ1) is 8.76. The molecule has 0 atom stereocenters. The average molecular weight is 313 g/mol. The molecule has 0 unspecified atom stereocenters. The van der Waals surface area contributed by atoms with Gasteiger partial charge in [-0.3, -0.25) is 0 Å². The van der Waals surface area contributed by atoms with E-state index in [4.69, 9.17) is 5.73 Å². The van der Waals surface area contributed by atoms with Gasteiger partial charge in [0.05, 0.1) is 6.61 Å². The molecule has 1 aromatic rings. The van der Waals surface area contributed by atoms with Crippen molar-refractivity contribution in [3.8, 4) is 0 Å². The topological polar surface area (TPSA) is 49.5 Å². The van der Waals surface area contributed by atoms with Crippen LogP contribution < -0.4 is 10.6 Å². The maximum Gasteiger partial charge on any atom is 0.0606 e. The second kappa shape index (κ2) is 6.55. The Balaban J connectivity index is 2.28. The van der Waals surface area contributed by atoms with Crippen LogP contribution >= 0.6 is 15.9 Å². The van der Waals surface area contributed by atoms with Crippen molar-refractivity contribution in [1.82, 2.24) is 0 Å². The zero-order chi connectivity index (χ0) is 13.0. The molecule has 0 aromatic heterocycles. The molecule has 18 heavy (non-hydrogen) atoms. The molecular formula is C14H21BrN2O. The summed E-state index contributed by atoms with van der Waals surface area (Å²) in [7, 11) is 0. The van der Waals surface area contributed by atoms with E-state index in [1.165, 1.54) is 31.4 Å². The Bertz CT molecular complexity index is 391. The van der Waals surface area contributed by atoms with Gasteiger partial charge in [0.25, 0.3) is 0 Å². The molecule has 0 radical (unpaired) electrons. The lowest BCUT2D eigenvalue weighted by Gasteiger charge is -2.32. The highest BCUT2D eigenvalue weighted by molar-refractivity contribution is 9.10. The highest BCUT2D eigenvalue weighted by atomic mass is 79.9. The SMILES string of the molecule is NCc1cc(Br)ccc1N(CCO)C1CCCC1. The Morgan fingerprint density at radius 1 is 1.33 bits per heavy atom. The lowest BCUT2D eigenvalue weighted by atomic mass is 10.1. The van der Waals surface area contributed by atoms with Crippen LogP contribution in [0.3, 0.4) is 0 Å². The zero-order valence-electron chi connectivity index (χ0n) is 10.6. The molecule has 0 saturated heterocycles. The summed E-state index contributed by atoms with van der Waals surface area (Å²) in [6.07, 6.45) is 5.03. The molecule has 1 aliphatic rings. The van der Waals surface area contributed by atoms with E-state index in [1.54, 1.807) is 0 Å². The largest absolute Gasteiger partial charge is 0.395 e. The first kappa shape index (κ1) is 13.8. The summed E-state index contributed by atoms with van der Waals surface area (Å²) in [5, 5.41) is 9.29. The van der Waals surface area contributed by atoms with Crippen LogP contribution in [0.15, 0.2) is 22.7 Å². The number of aliphatic hydroxyl groups excluding tert-OH is 1. The summed E-state index contributed by atoms with van der Waals surface area (Å²) < 4.78 is 1.06. The van der Waals surface area contributed by atoms with Crippen LogP contribution in [0.25, 0.3) is 0 Å². The van der Waals surface area contributed by atoms with Crippen molar-refractivity contribution < 1.29 is 5.11 Å².